The highest BCUT2D eigenvalue weighted by Crippen LogP contribution is 1.90. The molecular weight excluding hydrogens is 126 g/mol. The van der Waals surface area contributed by atoms with Crippen LogP contribution >= 0.6 is 0 Å². The van der Waals surface area contributed by atoms with Gasteiger partial charge in [0.2, 0.25) is 0 Å². The van der Waals surface area contributed by atoms with Gasteiger partial charge in [0.1, 0.15) is 6.29 Å². The van der Waals surface area contributed by atoms with Gasteiger partial charge in [0.15, 0.2) is 0 Å². The summed E-state index contributed by atoms with van der Waals surface area (Å²) in [6.07, 6.45) is 7.59. The minimum atomic E-state index is 0.771. The van der Waals surface area contributed by atoms with Gasteiger partial charge in [-0.1, -0.05) is 19.8 Å². The van der Waals surface area contributed by atoms with Crippen molar-refractivity contribution in [1.82, 2.24) is 5.32 Å². The molecule has 0 aliphatic rings. The van der Waals surface area contributed by atoms with E-state index in [-0.39, 0.29) is 0 Å². The van der Waals surface area contributed by atoms with Crippen LogP contribution in [0.4, 0.5) is 0 Å². The number of rotatable bonds is 6. The fourth-order valence-corrected chi connectivity index (χ4v) is 0.668. The molecule has 0 unspecified atom stereocenters. The Hall–Kier alpha value is -0.790. The second-order valence-corrected chi connectivity index (χ2v) is 2.16. The molecule has 0 aliphatic heterocycles. The molecule has 58 valence electrons. The summed E-state index contributed by atoms with van der Waals surface area (Å²) in [7, 11) is 0. The van der Waals surface area contributed by atoms with Gasteiger partial charge < -0.3 is 5.32 Å². The van der Waals surface area contributed by atoms with Crippen molar-refractivity contribution < 1.29 is 4.79 Å². The SMILES string of the molecule is CCCCCN/C=C\C=O. The summed E-state index contributed by atoms with van der Waals surface area (Å²) in [5.74, 6) is 0. The smallest absolute Gasteiger partial charge is 0.144 e. The van der Waals surface area contributed by atoms with Gasteiger partial charge in [0.25, 0.3) is 0 Å². The van der Waals surface area contributed by atoms with Crippen LogP contribution in [0.25, 0.3) is 0 Å². The summed E-state index contributed by atoms with van der Waals surface area (Å²) in [5.41, 5.74) is 0. The fourth-order valence-electron chi connectivity index (χ4n) is 0.668. The number of hydrogen-bond donors (Lipinski definition) is 1. The van der Waals surface area contributed by atoms with E-state index >= 15 is 0 Å². The van der Waals surface area contributed by atoms with Crippen LogP contribution in [0.2, 0.25) is 0 Å². The molecule has 0 aromatic rings. The van der Waals surface area contributed by atoms with Gasteiger partial charge in [-0.15, -0.1) is 0 Å². The highest BCUT2D eigenvalue weighted by atomic mass is 16.1. The standard InChI is InChI=1S/C8H15NO/c1-2-3-4-6-9-7-5-8-10/h5,7-9H,2-4,6H2,1H3/b7-5-. The molecule has 0 spiro atoms. The molecule has 0 radical (unpaired) electrons. The van der Waals surface area contributed by atoms with E-state index in [1.165, 1.54) is 25.3 Å². The van der Waals surface area contributed by atoms with Crippen LogP contribution in [0.3, 0.4) is 0 Å². The maximum Gasteiger partial charge on any atom is 0.144 e. The number of aldehydes is 1. The zero-order valence-corrected chi connectivity index (χ0v) is 6.47. The molecule has 0 aliphatic carbocycles. The van der Waals surface area contributed by atoms with Crippen LogP contribution in [0.5, 0.6) is 0 Å². The topological polar surface area (TPSA) is 29.1 Å². The van der Waals surface area contributed by atoms with Crippen molar-refractivity contribution in [1.29, 1.82) is 0 Å². The first kappa shape index (κ1) is 9.21. The summed E-state index contributed by atoms with van der Waals surface area (Å²) in [5, 5.41) is 3.01. The van der Waals surface area contributed by atoms with Crippen molar-refractivity contribution in [3.05, 3.63) is 12.3 Å². The van der Waals surface area contributed by atoms with Crippen molar-refractivity contribution in [2.45, 2.75) is 26.2 Å². The molecule has 0 amide bonds. The first-order valence-electron chi connectivity index (χ1n) is 3.75. The number of allylic oxidation sites excluding steroid dienone is 1. The van der Waals surface area contributed by atoms with Gasteiger partial charge in [-0.05, 0) is 18.7 Å². The van der Waals surface area contributed by atoms with E-state index in [1.807, 2.05) is 0 Å². The predicted molar refractivity (Wildman–Crippen MR) is 42.7 cm³/mol. The molecule has 2 nitrogen and oxygen atoms in total. The third-order valence-corrected chi connectivity index (χ3v) is 1.22. The fraction of sp³-hybridized carbons (Fsp3) is 0.625. The average molecular weight is 141 g/mol. The normalized spacial score (nSPS) is 10.1. The van der Waals surface area contributed by atoms with Crippen LogP contribution < -0.4 is 5.32 Å². The van der Waals surface area contributed by atoms with Crippen LogP contribution in [0, 0.1) is 0 Å². The Labute approximate surface area is 62.3 Å². The van der Waals surface area contributed by atoms with Crippen molar-refractivity contribution in [2.24, 2.45) is 0 Å². The molecule has 10 heavy (non-hydrogen) atoms. The Balaban J connectivity index is 2.90. The summed E-state index contributed by atoms with van der Waals surface area (Å²) < 4.78 is 0. The van der Waals surface area contributed by atoms with E-state index < -0.39 is 0 Å². The van der Waals surface area contributed by atoms with E-state index in [2.05, 4.69) is 12.2 Å². The first-order valence-corrected chi connectivity index (χ1v) is 3.75. The number of unbranched alkanes of at least 4 members (excludes halogenated alkanes) is 2. The summed E-state index contributed by atoms with van der Waals surface area (Å²) in [6.45, 7) is 3.14. The maximum absolute atomic E-state index is 9.77. The van der Waals surface area contributed by atoms with Gasteiger partial charge in [-0.3, -0.25) is 4.79 Å². The Morgan fingerprint density at radius 2 is 2.20 bits per heavy atom. The third-order valence-electron chi connectivity index (χ3n) is 1.22. The van der Waals surface area contributed by atoms with Crippen molar-refractivity contribution >= 4 is 6.29 Å². The van der Waals surface area contributed by atoms with E-state index in [0.717, 1.165) is 12.8 Å². The van der Waals surface area contributed by atoms with Crippen molar-refractivity contribution in [3.63, 3.8) is 0 Å². The van der Waals surface area contributed by atoms with Crippen molar-refractivity contribution in [2.75, 3.05) is 6.54 Å². The Morgan fingerprint density at radius 1 is 1.40 bits per heavy atom. The molecule has 0 aromatic heterocycles. The highest BCUT2D eigenvalue weighted by Gasteiger charge is 1.80. The lowest BCUT2D eigenvalue weighted by atomic mass is 10.2. The number of carbonyl (C=O) groups is 1. The molecule has 0 atom stereocenters. The van der Waals surface area contributed by atoms with Gasteiger partial charge in [0.05, 0.1) is 0 Å². The quantitative estimate of drug-likeness (QED) is 0.345. The molecule has 1 N–H and O–H groups in total. The molecule has 0 heterocycles. The lowest BCUT2D eigenvalue weighted by Gasteiger charge is -1.96. The summed E-state index contributed by atoms with van der Waals surface area (Å²) >= 11 is 0. The molecule has 2 heteroatoms. The highest BCUT2D eigenvalue weighted by molar-refractivity contribution is 5.64. The zero-order chi connectivity index (χ0) is 7.66. The van der Waals surface area contributed by atoms with Crippen LogP contribution in [-0.4, -0.2) is 12.8 Å². The Bertz CT molecular complexity index is 99.4. The van der Waals surface area contributed by atoms with E-state index in [4.69, 9.17) is 0 Å². The lowest BCUT2D eigenvalue weighted by molar-refractivity contribution is -0.104. The maximum atomic E-state index is 9.77. The van der Waals surface area contributed by atoms with E-state index in [0.29, 0.717) is 0 Å². The summed E-state index contributed by atoms with van der Waals surface area (Å²) in [4.78, 5) is 9.77. The monoisotopic (exact) mass is 141 g/mol. The predicted octanol–water partition coefficient (Wildman–Crippen LogP) is 1.48. The number of nitrogens with one attached hydrogen (secondary N) is 1. The summed E-state index contributed by atoms with van der Waals surface area (Å²) in [6, 6.07) is 0. The van der Waals surface area contributed by atoms with E-state index in [9.17, 15) is 4.79 Å². The minimum absolute atomic E-state index is 0.771. The zero-order valence-electron chi connectivity index (χ0n) is 6.47. The van der Waals surface area contributed by atoms with Gasteiger partial charge in [-0.2, -0.15) is 0 Å². The second kappa shape index (κ2) is 8.21. The van der Waals surface area contributed by atoms with Crippen LogP contribution in [-0.2, 0) is 4.79 Å². The average Bonchev–Trinajstić information content (AvgIpc) is 1.97. The number of carbonyl (C=O) groups excluding carboxylic acids is 1. The molecular formula is C8H15NO. The van der Waals surface area contributed by atoms with Gasteiger partial charge in [0, 0.05) is 6.54 Å². The molecule has 0 aromatic carbocycles. The van der Waals surface area contributed by atoms with Crippen LogP contribution in [0.15, 0.2) is 12.3 Å². The first-order chi connectivity index (χ1) is 4.91. The van der Waals surface area contributed by atoms with Gasteiger partial charge >= 0.3 is 0 Å². The minimum Gasteiger partial charge on any atom is -0.391 e. The molecule has 0 rings (SSSR count). The van der Waals surface area contributed by atoms with Gasteiger partial charge in [-0.25, -0.2) is 0 Å². The van der Waals surface area contributed by atoms with Crippen LogP contribution in [0.1, 0.15) is 26.2 Å². The molecule has 0 saturated heterocycles. The lowest BCUT2D eigenvalue weighted by Crippen LogP contribution is -2.06. The molecule has 0 fully saturated rings. The molecule has 0 bridgehead atoms. The largest absolute Gasteiger partial charge is 0.391 e. The Kier molecular flexibility index (Phi) is 7.56. The van der Waals surface area contributed by atoms with Crippen molar-refractivity contribution in [3.8, 4) is 0 Å². The Morgan fingerprint density at radius 3 is 2.80 bits per heavy atom. The number of hydrogen-bond acceptors (Lipinski definition) is 2. The molecule has 0 saturated carbocycles. The second-order valence-electron chi connectivity index (χ2n) is 2.16. The van der Waals surface area contributed by atoms with E-state index in [1.54, 1.807) is 6.20 Å². The third kappa shape index (κ3) is 7.21.